The first-order chi connectivity index (χ1) is 21.0. The maximum absolute atomic E-state index is 12.9. The maximum atomic E-state index is 12.9. The highest BCUT2D eigenvalue weighted by atomic mass is 16.8. The summed E-state index contributed by atoms with van der Waals surface area (Å²) in [5.74, 6) is -9.73. The standard InChI is InChI=1S/C33H44O12/c1-6-19(2)16-20(3)12-13-24(34)43-26-25(35)31(15-14-21(4)17-22(5)18-23-10-8-7-9-11-23)44-27(28(36)37)32(42,29(38)39)33(26,45-31)30(40)41/h7-13,19-20,22,25-27,35,42H,4,6,14-18H2,1-3,5H3,(H,36,37)(H,38,39)(H,40,41)/b13-12+/t19?,20?,22?,25-,26-,27-,31-,32-,33-/m1/s1. The zero-order chi connectivity index (χ0) is 33.7. The smallest absolute Gasteiger partial charge is 0.344 e. The molecule has 5 N–H and O–H groups in total. The number of carbonyl (C=O) groups excluding carboxylic acids is 1. The van der Waals surface area contributed by atoms with Crippen molar-refractivity contribution in [1.82, 2.24) is 0 Å². The fourth-order valence-corrected chi connectivity index (χ4v) is 6.27. The lowest BCUT2D eigenvalue weighted by atomic mass is 9.74. The SMILES string of the molecule is C=C(CC[C@@]12O[C@H](C(=O)O)[C@@](O)(C(=O)O)[C@@](C(=O)O)(O1)[C@H](OC(=O)/C=C/C(C)CC(C)CC)[C@H]2O)CC(C)Cc1ccccc1. The molecule has 2 fully saturated rings. The van der Waals surface area contributed by atoms with Gasteiger partial charge in [0.1, 0.15) is 6.10 Å². The summed E-state index contributed by atoms with van der Waals surface area (Å²) < 4.78 is 16.5. The third-order valence-corrected chi connectivity index (χ3v) is 8.77. The van der Waals surface area contributed by atoms with E-state index in [1.165, 1.54) is 6.08 Å². The molecule has 2 aliphatic heterocycles. The Hall–Kier alpha value is -3.58. The van der Waals surface area contributed by atoms with Crippen LogP contribution in [-0.2, 0) is 39.8 Å². The van der Waals surface area contributed by atoms with Crippen LogP contribution in [0.5, 0.6) is 0 Å². The van der Waals surface area contributed by atoms with Gasteiger partial charge in [0.05, 0.1) is 0 Å². The van der Waals surface area contributed by atoms with Crippen molar-refractivity contribution in [2.45, 2.75) is 102 Å². The van der Waals surface area contributed by atoms with Crippen molar-refractivity contribution < 1.29 is 58.9 Å². The molecule has 3 unspecified atom stereocenters. The Morgan fingerprint density at radius 2 is 1.69 bits per heavy atom. The Balaban J connectivity index is 1.93. The monoisotopic (exact) mass is 632 g/mol. The van der Waals surface area contributed by atoms with E-state index in [2.05, 4.69) is 6.58 Å². The molecule has 9 atom stereocenters. The molecule has 0 radical (unpaired) electrons. The number of aliphatic hydroxyl groups excluding tert-OH is 1. The van der Waals surface area contributed by atoms with E-state index < -0.39 is 59.2 Å². The van der Waals surface area contributed by atoms with Crippen LogP contribution in [0.15, 0.2) is 54.6 Å². The Bertz CT molecular complexity index is 1290. The quantitative estimate of drug-likeness (QED) is 0.101. The molecule has 3 rings (SSSR count). The number of hydrogen-bond donors (Lipinski definition) is 5. The van der Waals surface area contributed by atoms with Crippen LogP contribution in [0.2, 0.25) is 0 Å². The number of aliphatic carboxylic acids is 3. The molecule has 2 heterocycles. The molecule has 12 heteroatoms. The number of hydrogen-bond acceptors (Lipinski definition) is 9. The van der Waals surface area contributed by atoms with Gasteiger partial charge in [-0.15, -0.1) is 0 Å². The summed E-state index contributed by atoms with van der Waals surface area (Å²) in [7, 11) is 0. The molecular weight excluding hydrogens is 588 g/mol. The summed E-state index contributed by atoms with van der Waals surface area (Å²) in [5.41, 5.74) is -5.52. The number of carboxylic acid groups (broad SMARTS) is 3. The van der Waals surface area contributed by atoms with Crippen LogP contribution in [0.3, 0.4) is 0 Å². The van der Waals surface area contributed by atoms with Gasteiger partial charge in [-0.2, -0.15) is 0 Å². The number of rotatable bonds is 16. The summed E-state index contributed by atoms with van der Waals surface area (Å²) in [6.07, 6.45) is -2.21. The lowest BCUT2D eigenvalue weighted by molar-refractivity contribution is -0.374. The molecule has 2 saturated heterocycles. The first kappa shape index (κ1) is 35.9. The Morgan fingerprint density at radius 1 is 1.04 bits per heavy atom. The van der Waals surface area contributed by atoms with Crippen LogP contribution < -0.4 is 0 Å². The molecule has 1 aromatic rings. The topological polar surface area (TPSA) is 197 Å². The van der Waals surface area contributed by atoms with Crippen LogP contribution >= 0.6 is 0 Å². The lowest BCUT2D eigenvalue weighted by Crippen LogP contribution is -2.78. The molecular formula is C33H44O12. The zero-order valence-corrected chi connectivity index (χ0v) is 26.0. The molecule has 0 saturated carbocycles. The Labute approximate surface area is 262 Å². The molecule has 0 spiro atoms. The van der Waals surface area contributed by atoms with Crippen molar-refractivity contribution in [3.63, 3.8) is 0 Å². The molecule has 1 aromatic carbocycles. The van der Waals surface area contributed by atoms with Crippen molar-refractivity contribution in [3.05, 3.63) is 60.2 Å². The van der Waals surface area contributed by atoms with Gasteiger partial charge in [-0.05, 0) is 49.0 Å². The van der Waals surface area contributed by atoms with Crippen LogP contribution in [0.1, 0.15) is 65.4 Å². The van der Waals surface area contributed by atoms with Crippen LogP contribution in [-0.4, -0.2) is 84.7 Å². The van der Waals surface area contributed by atoms with Gasteiger partial charge in [0.25, 0.3) is 0 Å². The molecule has 0 amide bonds. The average molecular weight is 633 g/mol. The number of carbonyl (C=O) groups is 4. The largest absolute Gasteiger partial charge is 0.479 e. The molecule has 0 aliphatic carbocycles. The molecule has 248 valence electrons. The van der Waals surface area contributed by atoms with Gasteiger partial charge >= 0.3 is 23.9 Å². The second-order valence-electron chi connectivity index (χ2n) is 12.5. The maximum Gasteiger partial charge on any atom is 0.344 e. The molecule has 0 aromatic heterocycles. The van der Waals surface area contributed by atoms with Gasteiger partial charge in [0.2, 0.25) is 23.1 Å². The second kappa shape index (κ2) is 14.2. The van der Waals surface area contributed by atoms with E-state index in [4.69, 9.17) is 14.2 Å². The van der Waals surface area contributed by atoms with Crippen molar-refractivity contribution in [2.75, 3.05) is 0 Å². The van der Waals surface area contributed by atoms with E-state index in [0.29, 0.717) is 17.9 Å². The number of benzene rings is 1. The number of carboxylic acids is 3. The average Bonchev–Trinajstić information content (AvgIpc) is 3.19. The zero-order valence-electron chi connectivity index (χ0n) is 26.0. The normalized spacial score (nSPS) is 31.2. The van der Waals surface area contributed by atoms with Gasteiger partial charge in [0, 0.05) is 12.5 Å². The third kappa shape index (κ3) is 7.14. The first-order valence-electron chi connectivity index (χ1n) is 15.1. The van der Waals surface area contributed by atoms with E-state index in [-0.39, 0.29) is 24.7 Å². The van der Waals surface area contributed by atoms with Crippen molar-refractivity contribution >= 4 is 23.9 Å². The van der Waals surface area contributed by atoms with Gasteiger partial charge < -0.3 is 39.7 Å². The van der Waals surface area contributed by atoms with Crippen LogP contribution in [0.25, 0.3) is 0 Å². The number of allylic oxidation sites excluding steroid dienone is 2. The van der Waals surface area contributed by atoms with Crippen molar-refractivity contribution in [2.24, 2.45) is 17.8 Å². The van der Waals surface area contributed by atoms with E-state index >= 15 is 0 Å². The summed E-state index contributed by atoms with van der Waals surface area (Å²) in [6, 6.07) is 9.73. The highest BCUT2D eigenvalue weighted by Gasteiger charge is 2.85. The second-order valence-corrected chi connectivity index (χ2v) is 12.5. The minimum Gasteiger partial charge on any atom is -0.479 e. The summed E-state index contributed by atoms with van der Waals surface area (Å²) in [5, 5.41) is 53.1. The molecule has 2 aliphatic rings. The molecule has 2 bridgehead atoms. The Kier molecular flexibility index (Phi) is 11.4. The molecule has 45 heavy (non-hydrogen) atoms. The summed E-state index contributed by atoms with van der Waals surface area (Å²) in [4.78, 5) is 50.5. The fraction of sp³-hybridized carbons (Fsp3) is 0.576. The van der Waals surface area contributed by atoms with Gasteiger partial charge in [-0.25, -0.2) is 19.2 Å². The summed E-state index contributed by atoms with van der Waals surface area (Å²) in [6.45, 7) is 12.0. The van der Waals surface area contributed by atoms with E-state index in [0.717, 1.165) is 30.9 Å². The van der Waals surface area contributed by atoms with Gasteiger partial charge in [-0.3, -0.25) is 0 Å². The predicted octanol–water partition coefficient (Wildman–Crippen LogP) is 3.34. The van der Waals surface area contributed by atoms with Gasteiger partial charge in [0.15, 0.2) is 6.10 Å². The van der Waals surface area contributed by atoms with Gasteiger partial charge in [-0.1, -0.05) is 82.7 Å². The minimum atomic E-state index is -3.81. The van der Waals surface area contributed by atoms with Crippen molar-refractivity contribution in [1.29, 1.82) is 0 Å². The van der Waals surface area contributed by atoms with Crippen LogP contribution in [0, 0.1) is 17.8 Å². The Morgan fingerprint density at radius 3 is 2.24 bits per heavy atom. The van der Waals surface area contributed by atoms with Crippen molar-refractivity contribution in [3.8, 4) is 0 Å². The molecule has 12 nitrogen and oxygen atoms in total. The van der Waals surface area contributed by atoms with E-state index in [9.17, 15) is 44.7 Å². The highest BCUT2D eigenvalue weighted by molar-refractivity contribution is 5.98. The lowest BCUT2D eigenvalue weighted by Gasteiger charge is -2.48. The third-order valence-electron chi connectivity index (χ3n) is 8.77. The van der Waals surface area contributed by atoms with E-state index in [1.807, 2.05) is 58.0 Å². The fourth-order valence-electron chi connectivity index (χ4n) is 6.27. The highest BCUT2D eigenvalue weighted by Crippen LogP contribution is 2.55. The van der Waals surface area contributed by atoms with Crippen LogP contribution in [0.4, 0.5) is 0 Å². The summed E-state index contributed by atoms with van der Waals surface area (Å²) >= 11 is 0. The minimum absolute atomic E-state index is 0.0391. The first-order valence-corrected chi connectivity index (χ1v) is 15.1. The number of aliphatic hydroxyl groups is 2. The van der Waals surface area contributed by atoms with E-state index in [1.54, 1.807) is 0 Å². The number of esters is 1. The number of fused-ring (bicyclic) bond motifs is 2. The predicted molar refractivity (Wildman–Crippen MR) is 160 cm³/mol. The number of ether oxygens (including phenoxy) is 3.